The predicted molar refractivity (Wildman–Crippen MR) is 99.2 cm³/mol. The molecule has 8 heteroatoms. The minimum Gasteiger partial charge on any atom is -0.289 e. The van der Waals surface area contributed by atoms with Crippen LogP contribution in [0.2, 0.25) is 0 Å². The van der Waals surface area contributed by atoms with E-state index >= 15 is 0 Å². The highest BCUT2D eigenvalue weighted by Crippen LogP contribution is 2.29. The standard InChI is InChI=1S/C20H18F3NO3S/c21-20(22,23)17-5-3-4-15(14-17)6-11-19(25)16-7-9-18(10-8-16)28(26,27)24-12-1-2-13-24/h3-11,14H,1-2,12-13H2. The first-order valence-electron chi connectivity index (χ1n) is 8.68. The van der Waals surface area contributed by atoms with E-state index in [0.717, 1.165) is 25.0 Å². The van der Waals surface area contributed by atoms with Crippen molar-refractivity contribution in [3.8, 4) is 0 Å². The maximum Gasteiger partial charge on any atom is 0.416 e. The van der Waals surface area contributed by atoms with E-state index in [9.17, 15) is 26.4 Å². The van der Waals surface area contributed by atoms with Crippen molar-refractivity contribution >= 4 is 21.9 Å². The average molecular weight is 409 g/mol. The van der Waals surface area contributed by atoms with Gasteiger partial charge >= 0.3 is 6.18 Å². The molecule has 2 aromatic rings. The van der Waals surface area contributed by atoms with Gasteiger partial charge in [0.2, 0.25) is 10.0 Å². The summed E-state index contributed by atoms with van der Waals surface area (Å²) in [6, 6.07) is 10.2. The van der Waals surface area contributed by atoms with Crippen molar-refractivity contribution in [3.05, 3.63) is 71.3 Å². The Hall–Kier alpha value is -2.45. The van der Waals surface area contributed by atoms with E-state index in [1.165, 1.54) is 52.9 Å². The number of nitrogens with zero attached hydrogens (tertiary/aromatic N) is 1. The van der Waals surface area contributed by atoms with Crippen molar-refractivity contribution in [2.75, 3.05) is 13.1 Å². The Morgan fingerprint density at radius 1 is 1.00 bits per heavy atom. The number of allylic oxidation sites excluding steroid dienone is 1. The van der Waals surface area contributed by atoms with Gasteiger partial charge in [-0.3, -0.25) is 4.79 Å². The van der Waals surface area contributed by atoms with E-state index in [2.05, 4.69) is 0 Å². The SMILES string of the molecule is O=C(C=Cc1cccc(C(F)(F)F)c1)c1ccc(S(=O)(=O)N2CCCC2)cc1. The van der Waals surface area contributed by atoms with Crippen LogP contribution >= 0.6 is 0 Å². The van der Waals surface area contributed by atoms with Gasteiger partial charge in [-0.15, -0.1) is 0 Å². The van der Waals surface area contributed by atoms with Crippen molar-refractivity contribution in [1.29, 1.82) is 0 Å². The molecule has 0 unspecified atom stereocenters. The Morgan fingerprint density at radius 3 is 2.25 bits per heavy atom. The topological polar surface area (TPSA) is 54.5 Å². The fraction of sp³-hybridized carbons (Fsp3) is 0.250. The maximum atomic E-state index is 12.7. The van der Waals surface area contributed by atoms with E-state index in [4.69, 9.17) is 0 Å². The molecule has 2 aromatic carbocycles. The summed E-state index contributed by atoms with van der Waals surface area (Å²) in [5, 5.41) is 0. The van der Waals surface area contributed by atoms with Crippen LogP contribution in [0.1, 0.15) is 34.3 Å². The van der Waals surface area contributed by atoms with Gasteiger partial charge in [0.1, 0.15) is 0 Å². The molecule has 0 saturated carbocycles. The molecule has 1 aliphatic rings. The smallest absolute Gasteiger partial charge is 0.289 e. The van der Waals surface area contributed by atoms with Crippen molar-refractivity contribution in [2.45, 2.75) is 23.9 Å². The minimum absolute atomic E-state index is 0.118. The molecule has 4 nitrogen and oxygen atoms in total. The normalized spacial score (nSPS) is 16.0. The number of rotatable bonds is 5. The summed E-state index contributed by atoms with van der Waals surface area (Å²) in [4.78, 5) is 12.4. The van der Waals surface area contributed by atoms with Crippen molar-refractivity contribution in [2.24, 2.45) is 0 Å². The number of sulfonamides is 1. The molecule has 0 atom stereocenters. The van der Waals surface area contributed by atoms with E-state index in [1.807, 2.05) is 0 Å². The van der Waals surface area contributed by atoms with Gasteiger partial charge in [-0.1, -0.05) is 18.2 Å². The molecule has 0 radical (unpaired) electrons. The Kier molecular flexibility index (Phi) is 5.71. The zero-order valence-corrected chi connectivity index (χ0v) is 15.6. The lowest BCUT2D eigenvalue weighted by Gasteiger charge is -2.15. The highest BCUT2D eigenvalue weighted by molar-refractivity contribution is 7.89. The quantitative estimate of drug-likeness (QED) is 0.544. The molecular weight excluding hydrogens is 391 g/mol. The third kappa shape index (κ3) is 4.51. The highest BCUT2D eigenvalue weighted by Gasteiger charge is 2.30. The summed E-state index contributed by atoms with van der Waals surface area (Å²) in [6.07, 6.45) is -0.331. The summed E-state index contributed by atoms with van der Waals surface area (Å²) in [5.74, 6) is -0.428. The Morgan fingerprint density at radius 2 is 1.64 bits per heavy atom. The van der Waals surface area contributed by atoms with Crippen LogP contribution in [0.25, 0.3) is 6.08 Å². The minimum atomic E-state index is -4.45. The lowest BCUT2D eigenvalue weighted by Crippen LogP contribution is -2.27. The third-order valence-corrected chi connectivity index (χ3v) is 6.40. The van der Waals surface area contributed by atoms with Crippen LogP contribution in [0.15, 0.2) is 59.5 Å². The Bertz CT molecular complexity index is 990. The molecule has 0 spiro atoms. The summed E-state index contributed by atoms with van der Waals surface area (Å²) in [5.41, 5.74) is -0.293. The number of carbonyl (C=O) groups is 1. The molecule has 1 aliphatic heterocycles. The van der Waals surface area contributed by atoms with Crippen LogP contribution in [0.5, 0.6) is 0 Å². The zero-order chi connectivity index (χ0) is 20.4. The van der Waals surface area contributed by atoms with Gasteiger partial charge in [-0.05, 0) is 60.9 Å². The van der Waals surface area contributed by atoms with E-state index < -0.39 is 27.5 Å². The van der Waals surface area contributed by atoms with E-state index in [0.29, 0.717) is 13.1 Å². The third-order valence-electron chi connectivity index (χ3n) is 4.48. The van der Waals surface area contributed by atoms with Crippen molar-refractivity contribution in [3.63, 3.8) is 0 Å². The lowest BCUT2D eigenvalue weighted by molar-refractivity contribution is -0.137. The molecule has 1 saturated heterocycles. The number of ketones is 1. The second-order valence-electron chi connectivity index (χ2n) is 6.46. The van der Waals surface area contributed by atoms with Gasteiger partial charge < -0.3 is 0 Å². The van der Waals surface area contributed by atoms with E-state index in [1.54, 1.807) is 0 Å². The van der Waals surface area contributed by atoms with Crippen molar-refractivity contribution in [1.82, 2.24) is 4.31 Å². The van der Waals surface area contributed by atoms with Gasteiger partial charge in [0.25, 0.3) is 0 Å². The number of alkyl halides is 3. The zero-order valence-electron chi connectivity index (χ0n) is 14.8. The molecule has 0 bridgehead atoms. The lowest BCUT2D eigenvalue weighted by atomic mass is 10.1. The molecule has 1 heterocycles. The monoisotopic (exact) mass is 409 g/mol. The van der Waals surface area contributed by atoms with Gasteiger partial charge in [0.15, 0.2) is 5.78 Å². The molecule has 0 amide bonds. The van der Waals surface area contributed by atoms with Crippen LogP contribution in [0.4, 0.5) is 13.2 Å². The van der Waals surface area contributed by atoms with Crippen LogP contribution in [0.3, 0.4) is 0 Å². The Labute approximate surface area is 161 Å². The molecule has 1 fully saturated rings. The van der Waals surface area contributed by atoms with Gasteiger partial charge in [-0.25, -0.2) is 8.42 Å². The molecule has 0 N–H and O–H groups in total. The Balaban J connectivity index is 1.74. The first-order valence-corrected chi connectivity index (χ1v) is 10.1. The molecular formula is C20H18F3NO3S. The first kappa shape index (κ1) is 20.3. The summed E-state index contributed by atoms with van der Waals surface area (Å²) in [6.45, 7) is 0.978. The predicted octanol–water partition coefficient (Wildman–Crippen LogP) is 4.39. The van der Waals surface area contributed by atoms with Crippen LogP contribution < -0.4 is 0 Å². The molecule has 148 valence electrons. The van der Waals surface area contributed by atoms with Crippen molar-refractivity contribution < 1.29 is 26.4 Å². The first-order chi connectivity index (χ1) is 13.2. The number of hydrogen-bond donors (Lipinski definition) is 0. The maximum absolute atomic E-state index is 12.7. The van der Waals surface area contributed by atoms with Crippen LogP contribution in [-0.2, 0) is 16.2 Å². The summed E-state index contributed by atoms with van der Waals surface area (Å²) >= 11 is 0. The number of carbonyl (C=O) groups excluding carboxylic acids is 1. The average Bonchev–Trinajstić information content (AvgIpc) is 3.21. The molecule has 28 heavy (non-hydrogen) atoms. The summed E-state index contributed by atoms with van der Waals surface area (Å²) in [7, 11) is -3.56. The van der Waals surface area contributed by atoms with Gasteiger partial charge in [0.05, 0.1) is 10.5 Å². The molecule has 0 aliphatic carbocycles. The second-order valence-corrected chi connectivity index (χ2v) is 8.39. The van der Waals surface area contributed by atoms with Crippen LogP contribution in [-0.4, -0.2) is 31.6 Å². The fourth-order valence-electron chi connectivity index (χ4n) is 2.96. The van der Waals surface area contributed by atoms with Gasteiger partial charge in [0, 0.05) is 18.7 Å². The number of benzene rings is 2. The summed E-state index contributed by atoms with van der Waals surface area (Å²) < 4.78 is 64.6. The molecule has 3 rings (SSSR count). The second kappa shape index (κ2) is 7.89. The largest absolute Gasteiger partial charge is 0.416 e. The number of halogens is 3. The fourth-order valence-corrected chi connectivity index (χ4v) is 4.47. The van der Waals surface area contributed by atoms with Gasteiger partial charge in [-0.2, -0.15) is 17.5 Å². The highest BCUT2D eigenvalue weighted by atomic mass is 32.2. The van der Waals surface area contributed by atoms with Crippen LogP contribution in [0, 0.1) is 0 Å². The number of hydrogen-bond acceptors (Lipinski definition) is 3. The van der Waals surface area contributed by atoms with E-state index in [-0.39, 0.29) is 16.0 Å². The molecule has 0 aromatic heterocycles.